The van der Waals surface area contributed by atoms with Crippen molar-refractivity contribution in [3.8, 4) is 5.75 Å². The number of carbonyl (C=O) groups excluding carboxylic acids is 2. The molecule has 1 amide bonds. The zero-order chi connectivity index (χ0) is 26.6. The van der Waals surface area contributed by atoms with Crippen molar-refractivity contribution in [1.82, 2.24) is 9.80 Å². The molecule has 1 aliphatic heterocycles. The minimum absolute atomic E-state index is 0.133. The van der Waals surface area contributed by atoms with Gasteiger partial charge in [0.25, 0.3) is 11.7 Å². The number of aryl methyl sites for hydroxylation is 2. The second-order valence-electron chi connectivity index (χ2n) is 9.55. The first-order chi connectivity index (χ1) is 17.1. The highest BCUT2D eigenvalue weighted by molar-refractivity contribution is 6.46. The van der Waals surface area contributed by atoms with Crippen molar-refractivity contribution in [2.24, 2.45) is 0 Å². The molecule has 2 aromatic carbocycles. The van der Waals surface area contributed by atoms with E-state index in [0.29, 0.717) is 17.9 Å². The van der Waals surface area contributed by atoms with E-state index >= 15 is 0 Å². The lowest BCUT2D eigenvalue weighted by Crippen LogP contribution is -2.32. The minimum Gasteiger partial charge on any atom is -0.507 e. The van der Waals surface area contributed by atoms with Gasteiger partial charge in [0.1, 0.15) is 11.5 Å². The van der Waals surface area contributed by atoms with E-state index in [-0.39, 0.29) is 11.3 Å². The van der Waals surface area contributed by atoms with Gasteiger partial charge in [-0.1, -0.05) is 12.1 Å². The van der Waals surface area contributed by atoms with Crippen molar-refractivity contribution >= 4 is 23.1 Å². The first-order valence-corrected chi connectivity index (χ1v) is 12.6. The number of hydrogen-bond donors (Lipinski definition) is 1. The van der Waals surface area contributed by atoms with Crippen LogP contribution in [-0.2, 0) is 9.59 Å². The molecule has 0 aliphatic carbocycles. The average molecular weight is 494 g/mol. The van der Waals surface area contributed by atoms with Crippen molar-refractivity contribution in [2.45, 2.75) is 40.2 Å². The quantitative estimate of drug-likeness (QED) is 0.298. The summed E-state index contributed by atoms with van der Waals surface area (Å²) >= 11 is 0. The highest BCUT2D eigenvalue weighted by atomic mass is 16.5. The van der Waals surface area contributed by atoms with Crippen LogP contribution in [0.2, 0.25) is 0 Å². The monoisotopic (exact) mass is 493 g/mol. The summed E-state index contributed by atoms with van der Waals surface area (Å²) in [6.45, 7) is 10.9. The van der Waals surface area contributed by atoms with E-state index in [0.717, 1.165) is 48.4 Å². The zero-order valence-electron chi connectivity index (χ0n) is 22.6. The Morgan fingerprint density at radius 3 is 2.22 bits per heavy atom. The lowest BCUT2D eigenvalue weighted by atomic mass is 9.93. The van der Waals surface area contributed by atoms with Gasteiger partial charge in [-0.25, -0.2) is 0 Å². The number of benzene rings is 2. The highest BCUT2D eigenvalue weighted by Gasteiger charge is 2.46. The second kappa shape index (κ2) is 11.6. The Bertz CT molecular complexity index is 1130. The maximum absolute atomic E-state index is 13.3. The van der Waals surface area contributed by atoms with Crippen molar-refractivity contribution in [3.63, 3.8) is 0 Å². The molecule has 1 N–H and O–H groups in total. The molecule has 1 fully saturated rings. The molecule has 1 unspecified atom stereocenters. The molecule has 1 atom stereocenters. The zero-order valence-corrected chi connectivity index (χ0v) is 22.6. The largest absolute Gasteiger partial charge is 0.507 e. The Balaban J connectivity index is 2.14. The van der Waals surface area contributed by atoms with Crippen LogP contribution in [0.4, 0.5) is 5.69 Å². The standard InChI is InChI=1S/C29H39N3O4/c1-8-31(9-2)22-13-11-21(12-14-22)26-25(28(34)29(35)32(26)16-10-15-30(5)6)27(33)23-17-20(4)24(36-7)18-19(23)3/h11-14,17-18,26,33H,8-10,15-16H2,1-7H3/b27-25+. The van der Waals surface area contributed by atoms with Crippen LogP contribution in [0.1, 0.15) is 48.6 Å². The summed E-state index contributed by atoms with van der Waals surface area (Å²) in [5.74, 6) is -0.666. The van der Waals surface area contributed by atoms with Crippen LogP contribution in [0.3, 0.4) is 0 Å². The molecule has 7 nitrogen and oxygen atoms in total. The normalized spacial score (nSPS) is 17.2. The van der Waals surface area contributed by atoms with E-state index in [4.69, 9.17) is 4.74 Å². The molecule has 0 saturated carbocycles. The van der Waals surface area contributed by atoms with Crippen LogP contribution < -0.4 is 9.64 Å². The third-order valence-electron chi connectivity index (χ3n) is 6.88. The molecule has 0 spiro atoms. The minimum atomic E-state index is -0.653. The van der Waals surface area contributed by atoms with Gasteiger partial charge in [-0.3, -0.25) is 9.59 Å². The number of ketones is 1. The number of anilines is 1. The number of hydrogen-bond acceptors (Lipinski definition) is 6. The summed E-state index contributed by atoms with van der Waals surface area (Å²) in [6.07, 6.45) is 0.717. The van der Waals surface area contributed by atoms with Crippen LogP contribution >= 0.6 is 0 Å². The number of aliphatic hydroxyl groups is 1. The lowest BCUT2D eigenvalue weighted by Gasteiger charge is -2.27. The molecule has 7 heteroatoms. The van der Waals surface area contributed by atoms with Gasteiger partial charge in [-0.05, 0) is 95.7 Å². The van der Waals surface area contributed by atoms with Gasteiger partial charge >= 0.3 is 0 Å². The van der Waals surface area contributed by atoms with E-state index in [1.54, 1.807) is 12.0 Å². The van der Waals surface area contributed by atoms with E-state index in [1.807, 2.05) is 69.2 Å². The molecular weight excluding hydrogens is 454 g/mol. The number of aliphatic hydroxyl groups excluding tert-OH is 1. The summed E-state index contributed by atoms with van der Waals surface area (Å²) in [7, 11) is 5.56. The van der Waals surface area contributed by atoms with Gasteiger partial charge in [-0.2, -0.15) is 0 Å². The van der Waals surface area contributed by atoms with Crippen molar-refractivity contribution in [3.05, 3.63) is 64.2 Å². The third kappa shape index (κ3) is 5.41. The van der Waals surface area contributed by atoms with Gasteiger partial charge in [-0.15, -0.1) is 0 Å². The van der Waals surface area contributed by atoms with Crippen molar-refractivity contribution in [1.29, 1.82) is 0 Å². The van der Waals surface area contributed by atoms with Gasteiger partial charge in [0, 0.05) is 30.9 Å². The maximum Gasteiger partial charge on any atom is 0.295 e. The Labute approximate surface area is 215 Å². The summed E-state index contributed by atoms with van der Waals surface area (Å²) in [4.78, 5) is 32.5. The number of Topliss-reactive ketones (excluding diaryl/α,β-unsaturated/α-hetero) is 1. The number of nitrogens with zero attached hydrogens (tertiary/aromatic N) is 3. The van der Waals surface area contributed by atoms with Crippen LogP contribution in [0.25, 0.3) is 5.76 Å². The molecule has 1 heterocycles. The molecule has 0 bridgehead atoms. The van der Waals surface area contributed by atoms with Crippen LogP contribution in [0, 0.1) is 13.8 Å². The number of rotatable bonds is 10. The Hall–Kier alpha value is -3.32. The molecule has 0 aromatic heterocycles. The Morgan fingerprint density at radius 2 is 1.67 bits per heavy atom. The van der Waals surface area contributed by atoms with Crippen LogP contribution in [0.15, 0.2) is 42.0 Å². The fraction of sp³-hybridized carbons (Fsp3) is 0.448. The topological polar surface area (TPSA) is 73.3 Å². The summed E-state index contributed by atoms with van der Waals surface area (Å²) in [6, 6.07) is 11.0. The SMILES string of the molecule is CCN(CC)c1ccc(C2/C(=C(\O)c3cc(C)c(OC)cc3C)C(=O)C(=O)N2CCCN(C)C)cc1. The van der Waals surface area contributed by atoms with Crippen molar-refractivity contribution in [2.75, 3.05) is 52.3 Å². The molecule has 1 aliphatic rings. The average Bonchev–Trinajstić information content (AvgIpc) is 3.10. The molecule has 0 radical (unpaired) electrons. The second-order valence-corrected chi connectivity index (χ2v) is 9.55. The molecular formula is C29H39N3O4. The predicted octanol–water partition coefficient (Wildman–Crippen LogP) is 4.53. The first kappa shape index (κ1) is 27.3. The Kier molecular flexibility index (Phi) is 8.79. The van der Waals surface area contributed by atoms with Crippen LogP contribution in [-0.4, -0.2) is 74.0 Å². The Morgan fingerprint density at radius 1 is 1.03 bits per heavy atom. The number of methoxy groups -OCH3 is 1. The van der Waals surface area contributed by atoms with E-state index < -0.39 is 17.7 Å². The molecule has 3 rings (SSSR count). The van der Waals surface area contributed by atoms with Gasteiger partial charge in [0.05, 0.1) is 18.7 Å². The molecule has 194 valence electrons. The smallest absolute Gasteiger partial charge is 0.295 e. The molecule has 2 aromatic rings. The number of likely N-dealkylation sites (tertiary alicyclic amines) is 1. The highest BCUT2D eigenvalue weighted by Crippen LogP contribution is 2.41. The predicted molar refractivity (Wildman–Crippen MR) is 145 cm³/mol. The number of ether oxygens (including phenoxy) is 1. The first-order valence-electron chi connectivity index (χ1n) is 12.6. The van der Waals surface area contributed by atoms with E-state index in [2.05, 4.69) is 18.7 Å². The lowest BCUT2D eigenvalue weighted by molar-refractivity contribution is -0.139. The number of amides is 1. The summed E-state index contributed by atoms with van der Waals surface area (Å²) in [5.41, 5.74) is 4.15. The summed E-state index contributed by atoms with van der Waals surface area (Å²) < 4.78 is 5.41. The van der Waals surface area contributed by atoms with Gasteiger partial charge in [0.2, 0.25) is 0 Å². The maximum atomic E-state index is 13.3. The van der Waals surface area contributed by atoms with Gasteiger partial charge < -0.3 is 24.5 Å². The summed E-state index contributed by atoms with van der Waals surface area (Å²) in [5, 5.41) is 11.5. The molecule has 36 heavy (non-hydrogen) atoms. The van der Waals surface area contributed by atoms with E-state index in [9.17, 15) is 14.7 Å². The number of carbonyl (C=O) groups is 2. The van der Waals surface area contributed by atoms with Crippen LogP contribution in [0.5, 0.6) is 5.75 Å². The molecule has 1 saturated heterocycles. The fourth-order valence-electron chi connectivity index (χ4n) is 4.88. The van der Waals surface area contributed by atoms with E-state index in [1.165, 1.54) is 0 Å². The van der Waals surface area contributed by atoms with Gasteiger partial charge in [0.15, 0.2) is 0 Å². The fourth-order valence-corrected chi connectivity index (χ4v) is 4.88. The third-order valence-corrected chi connectivity index (χ3v) is 6.88. The van der Waals surface area contributed by atoms with Crippen molar-refractivity contribution < 1.29 is 19.4 Å².